The van der Waals surface area contributed by atoms with Crippen LogP contribution < -0.4 is 10.6 Å². The van der Waals surface area contributed by atoms with Gasteiger partial charge in [0.1, 0.15) is 25.2 Å². The van der Waals surface area contributed by atoms with Gasteiger partial charge in [-0.3, -0.25) is 0 Å². The van der Waals surface area contributed by atoms with E-state index in [1.165, 1.54) is 0 Å². The first-order chi connectivity index (χ1) is 11.3. The molecule has 0 amide bonds. The third-order valence-corrected chi connectivity index (χ3v) is 3.11. The highest BCUT2D eigenvalue weighted by atomic mass is 16.5. The molecule has 2 rings (SSSR count). The van der Waals surface area contributed by atoms with Crippen LogP contribution in [0, 0.1) is 0 Å². The van der Waals surface area contributed by atoms with Crippen LogP contribution in [0.15, 0.2) is 34.1 Å². The smallest absolute Gasteiger partial charge is 0.191 e. The van der Waals surface area contributed by atoms with Crippen molar-refractivity contribution in [3.63, 3.8) is 0 Å². The van der Waals surface area contributed by atoms with Gasteiger partial charge >= 0.3 is 0 Å². The largest absolute Gasteiger partial charge is 0.467 e. The van der Waals surface area contributed by atoms with Crippen molar-refractivity contribution >= 4 is 5.96 Å². The highest BCUT2D eigenvalue weighted by molar-refractivity contribution is 5.79. The van der Waals surface area contributed by atoms with Gasteiger partial charge < -0.3 is 24.4 Å². The van der Waals surface area contributed by atoms with Crippen molar-refractivity contribution in [3.05, 3.63) is 36.3 Å². The Labute approximate surface area is 136 Å². The Kier molecular flexibility index (Phi) is 7.12. The van der Waals surface area contributed by atoms with Crippen LogP contribution in [0.4, 0.5) is 0 Å². The number of rotatable bonds is 9. The zero-order valence-corrected chi connectivity index (χ0v) is 13.7. The van der Waals surface area contributed by atoms with E-state index in [-0.39, 0.29) is 0 Å². The quantitative estimate of drug-likeness (QED) is 0.408. The third kappa shape index (κ3) is 6.11. The second-order valence-corrected chi connectivity index (χ2v) is 4.97. The number of aromatic nitrogens is 3. The van der Waals surface area contributed by atoms with E-state index in [9.17, 15) is 0 Å². The summed E-state index contributed by atoms with van der Waals surface area (Å²) < 4.78 is 12.6. The van der Waals surface area contributed by atoms with E-state index in [0.717, 1.165) is 37.1 Å². The highest BCUT2D eigenvalue weighted by Gasteiger charge is 2.01. The second-order valence-electron chi connectivity index (χ2n) is 4.97. The molecule has 0 aliphatic heterocycles. The fourth-order valence-corrected chi connectivity index (χ4v) is 1.89. The number of hydrogen-bond donors (Lipinski definition) is 2. The number of ether oxygens (including phenoxy) is 1. The lowest BCUT2D eigenvalue weighted by Gasteiger charge is -2.11. The van der Waals surface area contributed by atoms with Crippen LogP contribution in [0.5, 0.6) is 0 Å². The molecule has 0 unspecified atom stereocenters. The molecule has 0 fully saturated rings. The number of aliphatic imine (C=N–C) groups is 1. The van der Waals surface area contributed by atoms with E-state index in [4.69, 9.17) is 9.15 Å². The topological polar surface area (TPSA) is 89.5 Å². The first-order valence-corrected chi connectivity index (χ1v) is 7.74. The molecule has 2 aromatic heterocycles. The first-order valence-electron chi connectivity index (χ1n) is 7.74. The van der Waals surface area contributed by atoms with E-state index in [2.05, 4.69) is 25.8 Å². The lowest BCUT2D eigenvalue weighted by Crippen LogP contribution is -2.38. The summed E-state index contributed by atoms with van der Waals surface area (Å²) in [6.45, 7) is 5.28. The van der Waals surface area contributed by atoms with Crippen molar-refractivity contribution in [3.8, 4) is 0 Å². The average Bonchev–Trinajstić information content (AvgIpc) is 3.20. The Morgan fingerprint density at radius 1 is 1.43 bits per heavy atom. The minimum atomic E-state index is 0.487. The van der Waals surface area contributed by atoms with Crippen LogP contribution >= 0.6 is 0 Å². The first kappa shape index (κ1) is 17.0. The fourth-order valence-electron chi connectivity index (χ4n) is 1.89. The molecule has 0 atom stereocenters. The summed E-state index contributed by atoms with van der Waals surface area (Å²) in [5, 5.41) is 14.3. The molecule has 0 bridgehead atoms. The summed E-state index contributed by atoms with van der Waals surface area (Å²) in [6, 6.07) is 3.76. The summed E-state index contributed by atoms with van der Waals surface area (Å²) in [6.07, 6.45) is 4.20. The maximum atomic E-state index is 5.54. The molecular formula is C15H24N6O2. The van der Waals surface area contributed by atoms with Crippen LogP contribution in [0.1, 0.15) is 24.9 Å². The third-order valence-electron chi connectivity index (χ3n) is 3.11. The van der Waals surface area contributed by atoms with Crippen molar-refractivity contribution in [2.75, 3.05) is 19.7 Å². The van der Waals surface area contributed by atoms with Gasteiger partial charge in [-0.2, -0.15) is 0 Å². The van der Waals surface area contributed by atoms with Gasteiger partial charge in [0.05, 0.1) is 6.26 Å². The molecule has 126 valence electrons. The Bertz CT molecular complexity index is 579. The van der Waals surface area contributed by atoms with Crippen LogP contribution in [-0.2, 0) is 24.9 Å². The normalized spacial score (nSPS) is 11.7. The molecule has 0 radical (unpaired) electrons. The van der Waals surface area contributed by atoms with E-state index >= 15 is 0 Å². The summed E-state index contributed by atoms with van der Waals surface area (Å²) in [5.74, 6) is 2.43. The minimum Gasteiger partial charge on any atom is -0.467 e. The molecule has 8 nitrogen and oxygen atoms in total. The zero-order valence-electron chi connectivity index (χ0n) is 13.7. The molecule has 0 saturated heterocycles. The van der Waals surface area contributed by atoms with E-state index in [1.54, 1.807) is 12.6 Å². The predicted molar refractivity (Wildman–Crippen MR) is 86.8 cm³/mol. The molecule has 2 N–H and O–H groups in total. The van der Waals surface area contributed by atoms with E-state index in [0.29, 0.717) is 19.8 Å². The zero-order chi connectivity index (χ0) is 16.3. The number of aryl methyl sites for hydroxylation is 1. The van der Waals surface area contributed by atoms with Crippen LogP contribution in [0.3, 0.4) is 0 Å². The number of nitrogens with zero attached hydrogens (tertiary/aromatic N) is 4. The minimum absolute atomic E-state index is 0.487. The number of hydrogen-bond acceptors (Lipinski definition) is 5. The second kappa shape index (κ2) is 9.62. The van der Waals surface area contributed by atoms with E-state index < -0.39 is 0 Å². The Morgan fingerprint density at radius 2 is 2.35 bits per heavy atom. The van der Waals surface area contributed by atoms with Crippen LogP contribution in [-0.4, -0.2) is 40.4 Å². The molecule has 8 heteroatoms. The van der Waals surface area contributed by atoms with Gasteiger partial charge in [-0.1, -0.05) is 0 Å². The monoisotopic (exact) mass is 320 g/mol. The number of guanidine groups is 1. The van der Waals surface area contributed by atoms with Crippen molar-refractivity contribution in [1.29, 1.82) is 0 Å². The summed E-state index contributed by atoms with van der Waals surface area (Å²) in [4.78, 5) is 4.49. The van der Waals surface area contributed by atoms with Crippen molar-refractivity contribution in [2.45, 2.75) is 26.5 Å². The molecule has 2 heterocycles. The highest BCUT2D eigenvalue weighted by Crippen LogP contribution is 2.01. The van der Waals surface area contributed by atoms with Gasteiger partial charge in [-0.25, -0.2) is 4.99 Å². The molecule has 0 spiro atoms. The van der Waals surface area contributed by atoms with Crippen molar-refractivity contribution < 1.29 is 9.15 Å². The molecule has 2 aromatic rings. The summed E-state index contributed by atoms with van der Waals surface area (Å²) >= 11 is 0. The molecule has 0 aromatic carbocycles. The summed E-state index contributed by atoms with van der Waals surface area (Å²) in [7, 11) is 1.90. The Morgan fingerprint density at radius 3 is 3.04 bits per heavy atom. The van der Waals surface area contributed by atoms with Gasteiger partial charge in [0.15, 0.2) is 11.8 Å². The Balaban J connectivity index is 1.64. The Hall–Kier alpha value is -2.35. The lowest BCUT2D eigenvalue weighted by molar-refractivity contribution is 0.105. The standard InChI is InChI=1S/C15H24N6O2/c1-3-16-15(18-10-14-20-19-12-21(14)2)17-7-5-8-22-11-13-6-4-9-23-13/h4,6,9,12H,3,5,7-8,10-11H2,1-2H3,(H2,16,17,18). The molecule has 0 saturated carbocycles. The van der Waals surface area contributed by atoms with Gasteiger partial charge in [-0.05, 0) is 25.5 Å². The SMILES string of the molecule is CCNC(=NCc1nncn1C)NCCCOCc1ccco1. The van der Waals surface area contributed by atoms with Gasteiger partial charge in [0.25, 0.3) is 0 Å². The average molecular weight is 320 g/mol. The maximum absolute atomic E-state index is 5.54. The van der Waals surface area contributed by atoms with Crippen molar-refractivity contribution in [1.82, 2.24) is 25.4 Å². The van der Waals surface area contributed by atoms with Gasteiger partial charge in [-0.15, -0.1) is 10.2 Å². The fraction of sp³-hybridized carbons (Fsp3) is 0.533. The van der Waals surface area contributed by atoms with Gasteiger partial charge in [0.2, 0.25) is 0 Å². The molecule has 0 aliphatic rings. The predicted octanol–water partition coefficient (Wildman–Crippen LogP) is 1.07. The number of nitrogens with one attached hydrogen (secondary N) is 2. The maximum Gasteiger partial charge on any atom is 0.191 e. The summed E-state index contributed by atoms with van der Waals surface area (Å²) in [5.41, 5.74) is 0. The van der Waals surface area contributed by atoms with Crippen LogP contribution in [0.2, 0.25) is 0 Å². The van der Waals surface area contributed by atoms with E-state index in [1.807, 2.05) is 30.7 Å². The molecule has 23 heavy (non-hydrogen) atoms. The van der Waals surface area contributed by atoms with Crippen LogP contribution in [0.25, 0.3) is 0 Å². The van der Waals surface area contributed by atoms with Crippen molar-refractivity contribution in [2.24, 2.45) is 12.0 Å². The number of furan rings is 1. The molecular weight excluding hydrogens is 296 g/mol. The lowest BCUT2D eigenvalue weighted by atomic mass is 10.4. The molecule has 0 aliphatic carbocycles. The van der Waals surface area contributed by atoms with Gasteiger partial charge in [0, 0.05) is 26.7 Å².